The molecular weight excluding hydrogens is 288 g/mol. The lowest BCUT2D eigenvalue weighted by Gasteiger charge is -2.13. The van der Waals surface area contributed by atoms with Gasteiger partial charge in [0.2, 0.25) is 0 Å². The van der Waals surface area contributed by atoms with E-state index in [-0.39, 0.29) is 5.84 Å². The first-order valence-electron chi connectivity index (χ1n) is 5.04. The molecule has 0 aliphatic carbocycles. The molecule has 88 valence electrons. The minimum Gasteiger partial charge on any atom is -0.409 e. The molecule has 3 nitrogen and oxygen atoms in total. The van der Waals surface area contributed by atoms with Crippen molar-refractivity contribution in [3.8, 4) is 0 Å². The van der Waals surface area contributed by atoms with Crippen LogP contribution < -0.4 is 5.73 Å². The van der Waals surface area contributed by atoms with Crippen LogP contribution in [0.4, 0.5) is 0 Å². The minimum absolute atomic E-state index is 0.288. The van der Waals surface area contributed by atoms with E-state index in [4.69, 9.17) is 10.9 Å². The van der Waals surface area contributed by atoms with E-state index in [1.54, 1.807) is 11.8 Å². The van der Waals surface area contributed by atoms with Gasteiger partial charge in [0.25, 0.3) is 0 Å². The molecular formula is C11H15BrN2OS. The third kappa shape index (κ3) is 4.45. The van der Waals surface area contributed by atoms with Crippen LogP contribution in [-0.4, -0.2) is 16.3 Å². The zero-order chi connectivity index (χ0) is 12.0. The first-order chi connectivity index (χ1) is 7.65. The highest BCUT2D eigenvalue weighted by Gasteiger charge is 2.10. The fraction of sp³-hybridized carbons (Fsp3) is 0.364. The SMILES string of the molecule is CCC(C/C(N)=N/O)Sc1ccc(Br)cc1. The van der Waals surface area contributed by atoms with Gasteiger partial charge in [-0.15, -0.1) is 11.8 Å². The van der Waals surface area contributed by atoms with Gasteiger partial charge in [-0.05, 0) is 30.7 Å². The molecule has 0 bridgehead atoms. The van der Waals surface area contributed by atoms with Crippen molar-refractivity contribution < 1.29 is 5.21 Å². The molecule has 3 N–H and O–H groups in total. The Kier molecular flexibility index (Phi) is 5.69. The number of halogens is 1. The molecule has 1 atom stereocenters. The Labute approximate surface area is 108 Å². The van der Waals surface area contributed by atoms with Crippen LogP contribution in [0, 0.1) is 0 Å². The maximum absolute atomic E-state index is 8.53. The summed E-state index contributed by atoms with van der Waals surface area (Å²) in [5.41, 5.74) is 5.51. The molecule has 0 radical (unpaired) electrons. The van der Waals surface area contributed by atoms with Crippen molar-refractivity contribution in [1.29, 1.82) is 0 Å². The van der Waals surface area contributed by atoms with Gasteiger partial charge in [0.05, 0.1) is 0 Å². The van der Waals surface area contributed by atoms with Crippen LogP contribution >= 0.6 is 27.7 Å². The Balaban J connectivity index is 2.59. The predicted octanol–water partition coefficient (Wildman–Crippen LogP) is 3.46. The highest BCUT2D eigenvalue weighted by Crippen LogP contribution is 2.28. The fourth-order valence-corrected chi connectivity index (χ4v) is 2.61. The van der Waals surface area contributed by atoms with E-state index in [1.165, 1.54) is 4.90 Å². The van der Waals surface area contributed by atoms with Crippen molar-refractivity contribution in [3.05, 3.63) is 28.7 Å². The summed E-state index contributed by atoms with van der Waals surface area (Å²) >= 11 is 5.15. The lowest BCUT2D eigenvalue weighted by atomic mass is 10.2. The number of hydrogen-bond acceptors (Lipinski definition) is 3. The van der Waals surface area contributed by atoms with E-state index in [9.17, 15) is 0 Å². The summed E-state index contributed by atoms with van der Waals surface area (Å²) < 4.78 is 1.07. The normalized spacial score (nSPS) is 13.8. The molecule has 0 amide bonds. The number of amidine groups is 1. The highest BCUT2D eigenvalue weighted by atomic mass is 79.9. The van der Waals surface area contributed by atoms with E-state index < -0.39 is 0 Å². The van der Waals surface area contributed by atoms with Crippen molar-refractivity contribution in [3.63, 3.8) is 0 Å². The smallest absolute Gasteiger partial charge is 0.140 e. The van der Waals surface area contributed by atoms with Gasteiger partial charge in [-0.3, -0.25) is 0 Å². The second kappa shape index (κ2) is 6.81. The van der Waals surface area contributed by atoms with Gasteiger partial charge in [0.15, 0.2) is 0 Å². The maximum atomic E-state index is 8.53. The van der Waals surface area contributed by atoms with Crippen molar-refractivity contribution in [1.82, 2.24) is 0 Å². The van der Waals surface area contributed by atoms with E-state index in [0.717, 1.165) is 10.9 Å². The molecule has 0 heterocycles. The number of benzene rings is 1. The number of nitrogens with zero attached hydrogens (tertiary/aromatic N) is 1. The number of nitrogens with two attached hydrogens (primary N) is 1. The Bertz CT molecular complexity index is 354. The monoisotopic (exact) mass is 302 g/mol. The summed E-state index contributed by atoms with van der Waals surface area (Å²) in [5, 5.41) is 11.9. The molecule has 0 aromatic heterocycles. The van der Waals surface area contributed by atoms with Gasteiger partial charge in [0.1, 0.15) is 5.84 Å². The van der Waals surface area contributed by atoms with Crippen LogP contribution in [0.25, 0.3) is 0 Å². The summed E-state index contributed by atoms with van der Waals surface area (Å²) in [7, 11) is 0. The molecule has 5 heteroatoms. The van der Waals surface area contributed by atoms with E-state index in [2.05, 4.69) is 40.1 Å². The van der Waals surface area contributed by atoms with Gasteiger partial charge in [-0.25, -0.2) is 0 Å². The number of thioether (sulfide) groups is 1. The molecule has 0 aliphatic heterocycles. The number of rotatable bonds is 5. The van der Waals surface area contributed by atoms with Gasteiger partial charge in [0, 0.05) is 21.0 Å². The zero-order valence-corrected chi connectivity index (χ0v) is 11.5. The van der Waals surface area contributed by atoms with Crippen molar-refractivity contribution in [2.24, 2.45) is 10.9 Å². The molecule has 1 aromatic carbocycles. The summed E-state index contributed by atoms with van der Waals surface area (Å²) in [6, 6.07) is 8.14. The molecule has 0 fully saturated rings. The van der Waals surface area contributed by atoms with Crippen LogP contribution in [0.2, 0.25) is 0 Å². The average Bonchev–Trinajstić information content (AvgIpc) is 2.30. The summed E-state index contributed by atoms with van der Waals surface area (Å²) in [6.45, 7) is 2.10. The molecule has 0 spiro atoms. The Morgan fingerprint density at radius 2 is 2.12 bits per heavy atom. The van der Waals surface area contributed by atoms with Gasteiger partial charge in [-0.2, -0.15) is 0 Å². The highest BCUT2D eigenvalue weighted by molar-refractivity contribution is 9.10. The van der Waals surface area contributed by atoms with Crippen LogP contribution in [0.3, 0.4) is 0 Å². The predicted molar refractivity (Wildman–Crippen MR) is 72.1 cm³/mol. The topological polar surface area (TPSA) is 58.6 Å². The van der Waals surface area contributed by atoms with Gasteiger partial charge < -0.3 is 10.9 Å². The van der Waals surface area contributed by atoms with E-state index in [1.807, 2.05) is 12.1 Å². The summed E-state index contributed by atoms with van der Waals surface area (Å²) in [6.07, 6.45) is 1.59. The van der Waals surface area contributed by atoms with Crippen molar-refractivity contribution in [2.75, 3.05) is 0 Å². The Morgan fingerprint density at radius 3 is 2.62 bits per heavy atom. The first-order valence-corrected chi connectivity index (χ1v) is 6.71. The van der Waals surface area contributed by atoms with Crippen LogP contribution in [-0.2, 0) is 0 Å². The Hall–Kier alpha value is -0.680. The second-order valence-corrected chi connectivity index (χ2v) is 5.69. The third-order valence-corrected chi connectivity index (χ3v) is 4.04. The van der Waals surface area contributed by atoms with Crippen LogP contribution in [0.5, 0.6) is 0 Å². The lowest BCUT2D eigenvalue weighted by Crippen LogP contribution is -2.18. The Morgan fingerprint density at radius 1 is 1.50 bits per heavy atom. The molecule has 1 rings (SSSR count). The zero-order valence-electron chi connectivity index (χ0n) is 9.06. The van der Waals surface area contributed by atoms with E-state index >= 15 is 0 Å². The number of oxime groups is 1. The third-order valence-electron chi connectivity index (χ3n) is 2.14. The second-order valence-electron chi connectivity index (χ2n) is 3.40. The van der Waals surface area contributed by atoms with Crippen molar-refractivity contribution in [2.45, 2.75) is 29.9 Å². The lowest BCUT2D eigenvalue weighted by molar-refractivity contribution is 0.316. The summed E-state index contributed by atoms with van der Waals surface area (Å²) in [4.78, 5) is 1.20. The molecule has 1 aromatic rings. The molecule has 16 heavy (non-hydrogen) atoms. The standard InChI is InChI=1S/C11H15BrN2OS/c1-2-9(7-11(13)14-15)16-10-5-3-8(12)4-6-10/h3-6,9,15H,2,7H2,1H3,(H2,13,14). The van der Waals surface area contributed by atoms with Crippen molar-refractivity contribution >= 4 is 33.5 Å². The van der Waals surface area contributed by atoms with Gasteiger partial charge in [-0.1, -0.05) is 28.0 Å². The maximum Gasteiger partial charge on any atom is 0.140 e. The van der Waals surface area contributed by atoms with E-state index in [0.29, 0.717) is 11.7 Å². The minimum atomic E-state index is 0.288. The largest absolute Gasteiger partial charge is 0.409 e. The van der Waals surface area contributed by atoms with Crippen LogP contribution in [0.1, 0.15) is 19.8 Å². The molecule has 1 unspecified atom stereocenters. The fourth-order valence-electron chi connectivity index (χ4n) is 1.25. The van der Waals surface area contributed by atoms with Crippen LogP contribution in [0.15, 0.2) is 38.8 Å². The van der Waals surface area contributed by atoms with Gasteiger partial charge >= 0.3 is 0 Å². The first kappa shape index (κ1) is 13.4. The summed E-state index contributed by atoms with van der Waals surface area (Å²) in [5.74, 6) is 0.288. The average molecular weight is 303 g/mol. The molecule has 0 saturated heterocycles. The number of hydrogen-bond donors (Lipinski definition) is 2. The quantitative estimate of drug-likeness (QED) is 0.288. The molecule has 0 aliphatic rings. The molecule has 0 saturated carbocycles.